The van der Waals surface area contributed by atoms with Crippen LogP contribution in [0.25, 0.3) is 16.7 Å². The maximum atomic E-state index is 3.65. The van der Waals surface area contributed by atoms with E-state index in [1.807, 2.05) is 0 Å². The van der Waals surface area contributed by atoms with Crippen molar-refractivity contribution in [3.05, 3.63) is 74.7 Å². The zero-order chi connectivity index (χ0) is 15.6. The van der Waals surface area contributed by atoms with Crippen molar-refractivity contribution in [2.24, 2.45) is 17.8 Å². The van der Waals surface area contributed by atoms with Gasteiger partial charge in [-0.1, -0.05) is 62.2 Å². The fourth-order valence-electron chi connectivity index (χ4n) is 4.50. The second kappa shape index (κ2) is 5.19. The number of hydrogen-bond donors (Lipinski definition) is 0. The number of rotatable bonds is 1. The van der Waals surface area contributed by atoms with Crippen molar-refractivity contribution in [2.75, 3.05) is 0 Å². The Morgan fingerprint density at radius 2 is 1.43 bits per heavy atom. The molecule has 1 fully saturated rings. The molecule has 3 atom stereocenters. The van der Waals surface area contributed by atoms with E-state index in [1.165, 1.54) is 40.7 Å². The molecule has 2 aromatic rings. The molecule has 2 bridgehead atoms. The minimum atomic E-state index is 0.691. The van der Waals surface area contributed by atoms with E-state index >= 15 is 0 Å². The first-order valence-corrected chi connectivity index (χ1v) is 9.78. The Hall–Kier alpha value is -1.12. The first-order valence-electron chi connectivity index (χ1n) is 8.19. The van der Waals surface area contributed by atoms with Crippen LogP contribution in [0.2, 0.25) is 0 Å². The summed E-state index contributed by atoms with van der Waals surface area (Å²) in [5.74, 6) is 2.25. The highest BCUT2D eigenvalue weighted by molar-refractivity contribution is 9.10. The van der Waals surface area contributed by atoms with Gasteiger partial charge in [0, 0.05) is 8.95 Å². The molecule has 0 radical (unpaired) electrons. The van der Waals surface area contributed by atoms with Gasteiger partial charge in [-0.05, 0) is 82.7 Å². The molecular weight excluding hydrogens is 412 g/mol. The minimum Gasteiger partial charge on any atom is -0.0851 e. The standard InChI is InChI=1S/C21H16Br2/c22-15-3-5-17-18-6-4-16(23)11-21(18)19(20(17)10-15)9-14-8-12-1-2-13(14)7-12/h1-6,9-14H,7-8H2. The Morgan fingerprint density at radius 1 is 0.783 bits per heavy atom. The predicted octanol–water partition coefficient (Wildman–Crippen LogP) is 6.84. The van der Waals surface area contributed by atoms with Crippen LogP contribution < -0.4 is 0 Å². The molecule has 0 spiro atoms. The molecule has 0 heterocycles. The van der Waals surface area contributed by atoms with Crippen LogP contribution in [0.3, 0.4) is 0 Å². The van der Waals surface area contributed by atoms with Crippen molar-refractivity contribution < 1.29 is 0 Å². The third-order valence-electron chi connectivity index (χ3n) is 5.54. The quantitative estimate of drug-likeness (QED) is 0.373. The number of hydrogen-bond acceptors (Lipinski definition) is 0. The first-order chi connectivity index (χ1) is 11.2. The number of halogens is 2. The van der Waals surface area contributed by atoms with Crippen molar-refractivity contribution in [2.45, 2.75) is 12.8 Å². The second-order valence-electron chi connectivity index (χ2n) is 6.90. The van der Waals surface area contributed by atoms with Crippen molar-refractivity contribution in [1.82, 2.24) is 0 Å². The number of fused-ring (bicyclic) bond motifs is 5. The van der Waals surface area contributed by atoms with Crippen LogP contribution in [0, 0.1) is 17.8 Å². The van der Waals surface area contributed by atoms with Gasteiger partial charge in [0.05, 0.1) is 0 Å². The fraction of sp³-hybridized carbons (Fsp3) is 0.238. The summed E-state index contributed by atoms with van der Waals surface area (Å²) in [5, 5.41) is 0. The van der Waals surface area contributed by atoms with Gasteiger partial charge < -0.3 is 0 Å². The topological polar surface area (TPSA) is 0 Å². The van der Waals surface area contributed by atoms with Crippen molar-refractivity contribution in [1.29, 1.82) is 0 Å². The molecule has 2 heteroatoms. The van der Waals surface area contributed by atoms with Crippen LogP contribution in [-0.4, -0.2) is 0 Å². The van der Waals surface area contributed by atoms with E-state index in [0.717, 1.165) is 20.8 Å². The lowest BCUT2D eigenvalue weighted by molar-refractivity contribution is 0.551. The summed E-state index contributed by atoms with van der Waals surface area (Å²) in [6.07, 6.45) is 10.1. The first kappa shape index (κ1) is 14.2. The average Bonchev–Trinajstić information content (AvgIpc) is 3.22. The maximum Gasteiger partial charge on any atom is 0.0181 e. The summed E-state index contributed by atoms with van der Waals surface area (Å²) in [5.41, 5.74) is 6.89. The van der Waals surface area contributed by atoms with Gasteiger partial charge in [0.2, 0.25) is 0 Å². The van der Waals surface area contributed by atoms with Gasteiger partial charge in [0.1, 0.15) is 0 Å². The Morgan fingerprint density at radius 3 is 1.96 bits per heavy atom. The molecule has 0 aromatic heterocycles. The highest BCUT2D eigenvalue weighted by Crippen LogP contribution is 2.50. The largest absolute Gasteiger partial charge is 0.0851 e. The zero-order valence-corrected chi connectivity index (χ0v) is 15.8. The Bertz CT molecular complexity index is 822. The average molecular weight is 428 g/mol. The molecule has 2 aromatic carbocycles. The lowest BCUT2D eigenvalue weighted by Gasteiger charge is -2.16. The van der Waals surface area contributed by atoms with Crippen LogP contribution in [0.15, 0.2) is 63.6 Å². The van der Waals surface area contributed by atoms with E-state index < -0.39 is 0 Å². The SMILES string of the molecule is Brc1ccc2c(c1)C(=CC1CC3C=CC1C3)c1cc(Br)ccc1-2. The second-order valence-corrected chi connectivity index (χ2v) is 8.74. The summed E-state index contributed by atoms with van der Waals surface area (Å²) < 4.78 is 2.31. The third kappa shape index (κ3) is 2.22. The Kier molecular flexibility index (Phi) is 3.21. The number of allylic oxidation sites excluding steroid dienone is 3. The Balaban J connectivity index is 1.70. The highest BCUT2D eigenvalue weighted by atomic mass is 79.9. The molecule has 3 unspecified atom stereocenters. The van der Waals surface area contributed by atoms with Crippen molar-refractivity contribution in [3.63, 3.8) is 0 Å². The molecule has 1 saturated carbocycles. The molecule has 3 aliphatic carbocycles. The summed E-state index contributed by atoms with van der Waals surface area (Å²) >= 11 is 7.30. The summed E-state index contributed by atoms with van der Waals surface area (Å²) in [6, 6.07) is 13.3. The molecule has 0 N–H and O–H groups in total. The van der Waals surface area contributed by atoms with Crippen LogP contribution in [-0.2, 0) is 0 Å². The molecule has 0 nitrogen and oxygen atoms in total. The molecule has 0 amide bonds. The van der Waals surface area contributed by atoms with Gasteiger partial charge in [-0.25, -0.2) is 0 Å². The van der Waals surface area contributed by atoms with Gasteiger partial charge in [0.15, 0.2) is 0 Å². The van der Waals surface area contributed by atoms with Crippen LogP contribution >= 0.6 is 31.9 Å². The smallest absolute Gasteiger partial charge is 0.0181 e. The van der Waals surface area contributed by atoms with Gasteiger partial charge >= 0.3 is 0 Å². The minimum absolute atomic E-state index is 0.691. The van der Waals surface area contributed by atoms with Crippen LogP contribution in [0.1, 0.15) is 24.0 Å². The molecular formula is C21H16Br2. The molecule has 3 aliphatic rings. The predicted molar refractivity (Wildman–Crippen MR) is 103 cm³/mol. The van der Waals surface area contributed by atoms with E-state index in [-0.39, 0.29) is 0 Å². The molecule has 114 valence electrons. The maximum absolute atomic E-state index is 3.65. The fourth-order valence-corrected chi connectivity index (χ4v) is 5.22. The van der Waals surface area contributed by atoms with Crippen molar-refractivity contribution >= 4 is 37.4 Å². The van der Waals surface area contributed by atoms with E-state index in [2.05, 4.69) is 86.5 Å². The monoisotopic (exact) mass is 426 g/mol. The van der Waals surface area contributed by atoms with E-state index in [0.29, 0.717) is 5.92 Å². The lowest BCUT2D eigenvalue weighted by atomic mass is 9.89. The van der Waals surface area contributed by atoms with Gasteiger partial charge in [-0.2, -0.15) is 0 Å². The van der Waals surface area contributed by atoms with Gasteiger partial charge in [-0.3, -0.25) is 0 Å². The molecule has 23 heavy (non-hydrogen) atoms. The lowest BCUT2D eigenvalue weighted by Crippen LogP contribution is -2.04. The van der Waals surface area contributed by atoms with Gasteiger partial charge in [-0.15, -0.1) is 0 Å². The summed E-state index contributed by atoms with van der Waals surface area (Å²) in [4.78, 5) is 0. The van der Waals surface area contributed by atoms with Crippen LogP contribution in [0.5, 0.6) is 0 Å². The number of benzene rings is 2. The zero-order valence-electron chi connectivity index (χ0n) is 12.6. The normalized spacial score (nSPS) is 26.5. The van der Waals surface area contributed by atoms with Gasteiger partial charge in [0.25, 0.3) is 0 Å². The Labute approximate surface area is 153 Å². The highest BCUT2D eigenvalue weighted by Gasteiger charge is 2.35. The van der Waals surface area contributed by atoms with E-state index in [1.54, 1.807) is 0 Å². The molecule has 0 saturated heterocycles. The molecule has 0 aliphatic heterocycles. The van der Waals surface area contributed by atoms with Crippen molar-refractivity contribution in [3.8, 4) is 11.1 Å². The van der Waals surface area contributed by atoms with Crippen LogP contribution in [0.4, 0.5) is 0 Å². The summed E-state index contributed by atoms with van der Waals surface area (Å²) in [7, 11) is 0. The van der Waals surface area contributed by atoms with E-state index in [4.69, 9.17) is 0 Å². The molecule has 5 rings (SSSR count). The third-order valence-corrected chi connectivity index (χ3v) is 6.53. The van der Waals surface area contributed by atoms with E-state index in [9.17, 15) is 0 Å². The summed E-state index contributed by atoms with van der Waals surface area (Å²) in [6.45, 7) is 0.